The molecule has 27 heavy (non-hydrogen) atoms. The van der Waals surface area contributed by atoms with Gasteiger partial charge in [-0.1, -0.05) is 24.3 Å². The maximum absolute atomic E-state index is 12.3. The molecular formula is C22H20N2O3. The molecule has 0 saturated carbocycles. The van der Waals surface area contributed by atoms with Gasteiger partial charge in [0, 0.05) is 28.9 Å². The van der Waals surface area contributed by atoms with Gasteiger partial charge in [-0.05, 0) is 49.2 Å². The molecule has 0 saturated heterocycles. The number of hydrogen-bond donors (Lipinski definition) is 1. The number of ether oxygens (including phenoxy) is 1. The lowest BCUT2D eigenvalue weighted by atomic mass is 10.0. The molecule has 0 aliphatic heterocycles. The fourth-order valence-electron chi connectivity index (χ4n) is 2.87. The molecule has 3 rings (SSSR count). The first-order valence-electron chi connectivity index (χ1n) is 8.52. The van der Waals surface area contributed by atoms with Crippen LogP contribution in [0.2, 0.25) is 0 Å². The van der Waals surface area contributed by atoms with Crippen molar-refractivity contribution in [2.75, 3.05) is 12.4 Å². The van der Waals surface area contributed by atoms with Crippen LogP contribution in [0.3, 0.4) is 0 Å². The Hall–Kier alpha value is -3.47. The summed E-state index contributed by atoms with van der Waals surface area (Å²) in [6, 6.07) is 13.1. The van der Waals surface area contributed by atoms with E-state index >= 15 is 0 Å². The third kappa shape index (κ3) is 4.03. The highest BCUT2D eigenvalue weighted by Gasteiger charge is 2.13. The fourth-order valence-corrected chi connectivity index (χ4v) is 2.87. The standard InChI is InChI=1S/C22H20N2O3/c1-14-12-18(13-19(15(14)2)22(26)27-3)24-20(25)10-9-17-7-4-6-16-8-5-11-23-21(16)17/h4-13H,1-3H3,(H,24,25)/b10-9+. The Morgan fingerprint density at radius 2 is 1.89 bits per heavy atom. The highest BCUT2D eigenvalue weighted by molar-refractivity contribution is 6.04. The van der Waals surface area contributed by atoms with Crippen molar-refractivity contribution in [2.24, 2.45) is 0 Å². The second-order valence-electron chi connectivity index (χ2n) is 6.20. The van der Waals surface area contributed by atoms with E-state index in [2.05, 4.69) is 10.3 Å². The number of aromatic nitrogens is 1. The number of amides is 1. The van der Waals surface area contributed by atoms with Gasteiger partial charge in [-0.15, -0.1) is 0 Å². The topological polar surface area (TPSA) is 68.3 Å². The predicted octanol–water partition coefficient (Wildman–Crippen LogP) is 4.29. The van der Waals surface area contributed by atoms with Gasteiger partial charge in [0.25, 0.3) is 0 Å². The van der Waals surface area contributed by atoms with Crippen molar-refractivity contribution < 1.29 is 14.3 Å². The van der Waals surface area contributed by atoms with Crippen molar-refractivity contribution >= 4 is 34.5 Å². The van der Waals surface area contributed by atoms with E-state index in [0.717, 1.165) is 27.6 Å². The lowest BCUT2D eigenvalue weighted by molar-refractivity contribution is -0.111. The average Bonchev–Trinajstić information content (AvgIpc) is 2.68. The smallest absolute Gasteiger partial charge is 0.338 e. The molecule has 0 aliphatic rings. The first-order valence-corrected chi connectivity index (χ1v) is 8.52. The number of pyridine rings is 1. The van der Waals surface area contributed by atoms with E-state index in [4.69, 9.17) is 4.74 Å². The van der Waals surface area contributed by atoms with E-state index in [1.165, 1.54) is 13.2 Å². The second kappa shape index (κ2) is 7.83. The predicted molar refractivity (Wildman–Crippen MR) is 107 cm³/mol. The molecule has 0 atom stereocenters. The first-order chi connectivity index (χ1) is 13.0. The molecule has 3 aromatic rings. The number of fused-ring (bicyclic) bond motifs is 1. The Balaban J connectivity index is 1.82. The van der Waals surface area contributed by atoms with Gasteiger partial charge in [-0.2, -0.15) is 0 Å². The molecule has 0 spiro atoms. The van der Waals surface area contributed by atoms with Crippen LogP contribution in [0, 0.1) is 13.8 Å². The average molecular weight is 360 g/mol. The van der Waals surface area contributed by atoms with Gasteiger partial charge in [0.05, 0.1) is 18.2 Å². The number of rotatable bonds is 4. The van der Waals surface area contributed by atoms with Crippen molar-refractivity contribution in [2.45, 2.75) is 13.8 Å². The number of carbonyl (C=O) groups is 2. The van der Waals surface area contributed by atoms with Crippen molar-refractivity contribution in [1.82, 2.24) is 4.98 Å². The molecular weight excluding hydrogens is 340 g/mol. The van der Waals surface area contributed by atoms with Crippen LogP contribution in [0.5, 0.6) is 0 Å². The van der Waals surface area contributed by atoms with Crippen molar-refractivity contribution in [3.8, 4) is 0 Å². The third-order valence-corrected chi connectivity index (χ3v) is 4.42. The zero-order valence-electron chi connectivity index (χ0n) is 15.4. The number of para-hydroxylation sites is 1. The Kier molecular flexibility index (Phi) is 5.31. The number of nitrogens with one attached hydrogen (secondary N) is 1. The third-order valence-electron chi connectivity index (χ3n) is 4.42. The molecule has 136 valence electrons. The van der Waals surface area contributed by atoms with E-state index < -0.39 is 5.97 Å². The van der Waals surface area contributed by atoms with Crippen LogP contribution in [0.4, 0.5) is 5.69 Å². The number of aryl methyl sites for hydroxylation is 1. The van der Waals surface area contributed by atoms with Gasteiger partial charge < -0.3 is 10.1 Å². The van der Waals surface area contributed by atoms with Gasteiger partial charge >= 0.3 is 5.97 Å². The molecule has 1 amide bonds. The summed E-state index contributed by atoms with van der Waals surface area (Å²) in [5, 5.41) is 3.80. The molecule has 1 aromatic heterocycles. The number of anilines is 1. The first kappa shape index (κ1) is 18.3. The Morgan fingerprint density at radius 1 is 1.11 bits per heavy atom. The molecule has 1 heterocycles. The summed E-state index contributed by atoms with van der Waals surface area (Å²) >= 11 is 0. The highest BCUT2D eigenvalue weighted by Crippen LogP contribution is 2.21. The number of nitrogens with zero attached hydrogens (tertiary/aromatic N) is 1. The van der Waals surface area contributed by atoms with Gasteiger partial charge in [0.1, 0.15) is 0 Å². The van der Waals surface area contributed by atoms with Crippen molar-refractivity contribution in [3.63, 3.8) is 0 Å². The number of hydrogen-bond acceptors (Lipinski definition) is 4. The van der Waals surface area contributed by atoms with Crippen LogP contribution in [-0.4, -0.2) is 24.0 Å². The van der Waals surface area contributed by atoms with Crippen LogP contribution in [0.15, 0.2) is 54.7 Å². The zero-order chi connectivity index (χ0) is 19.4. The molecule has 0 bridgehead atoms. The van der Waals surface area contributed by atoms with Gasteiger partial charge in [0.15, 0.2) is 0 Å². The van der Waals surface area contributed by atoms with E-state index in [0.29, 0.717) is 11.3 Å². The summed E-state index contributed by atoms with van der Waals surface area (Å²) in [6.45, 7) is 3.73. The summed E-state index contributed by atoms with van der Waals surface area (Å²) < 4.78 is 4.81. The summed E-state index contributed by atoms with van der Waals surface area (Å²) in [4.78, 5) is 28.6. The van der Waals surface area contributed by atoms with E-state index in [-0.39, 0.29) is 5.91 Å². The zero-order valence-corrected chi connectivity index (χ0v) is 15.4. The number of carbonyl (C=O) groups excluding carboxylic acids is 2. The molecule has 1 N–H and O–H groups in total. The van der Waals surface area contributed by atoms with Crippen LogP contribution in [-0.2, 0) is 9.53 Å². The largest absolute Gasteiger partial charge is 0.465 e. The SMILES string of the molecule is COC(=O)c1cc(NC(=O)/C=C/c2cccc3cccnc23)cc(C)c1C. The Labute approximate surface area is 157 Å². The highest BCUT2D eigenvalue weighted by atomic mass is 16.5. The minimum atomic E-state index is -0.427. The van der Waals surface area contributed by atoms with Gasteiger partial charge in [0.2, 0.25) is 5.91 Å². The molecule has 5 heteroatoms. The molecule has 5 nitrogen and oxygen atoms in total. The van der Waals surface area contributed by atoms with E-state index in [1.54, 1.807) is 18.3 Å². The van der Waals surface area contributed by atoms with Crippen LogP contribution >= 0.6 is 0 Å². The molecule has 2 aromatic carbocycles. The van der Waals surface area contributed by atoms with Crippen molar-refractivity contribution in [1.29, 1.82) is 0 Å². The minimum Gasteiger partial charge on any atom is -0.465 e. The van der Waals surface area contributed by atoms with Crippen molar-refractivity contribution in [3.05, 3.63) is 77.0 Å². The van der Waals surface area contributed by atoms with Crippen LogP contribution in [0.25, 0.3) is 17.0 Å². The monoisotopic (exact) mass is 360 g/mol. The lowest BCUT2D eigenvalue weighted by Gasteiger charge is -2.11. The van der Waals surface area contributed by atoms with E-state index in [1.807, 2.05) is 50.2 Å². The van der Waals surface area contributed by atoms with Gasteiger partial charge in [-0.25, -0.2) is 4.79 Å². The number of methoxy groups -OCH3 is 1. The maximum Gasteiger partial charge on any atom is 0.338 e. The lowest BCUT2D eigenvalue weighted by Crippen LogP contribution is -2.11. The van der Waals surface area contributed by atoms with Crippen LogP contribution in [0.1, 0.15) is 27.0 Å². The molecule has 0 unspecified atom stereocenters. The van der Waals surface area contributed by atoms with Gasteiger partial charge in [-0.3, -0.25) is 9.78 Å². The maximum atomic E-state index is 12.3. The Bertz CT molecular complexity index is 1050. The Morgan fingerprint density at radius 3 is 2.67 bits per heavy atom. The summed E-state index contributed by atoms with van der Waals surface area (Å²) in [5.74, 6) is -0.717. The second-order valence-corrected chi connectivity index (χ2v) is 6.20. The van der Waals surface area contributed by atoms with Crippen LogP contribution < -0.4 is 5.32 Å². The molecule has 0 radical (unpaired) electrons. The minimum absolute atomic E-state index is 0.290. The normalized spacial score (nSPS) is 10.9. The molecule has 0 fully saturated rings. The number of esters is 1. The quantitative estimate of drug-likeness (QED) is 0.557. The molecule has 0 aliphatic carbocycles. The summed E-state index contributed by atoms with van der Waals surface area (Å²) in [7, 11) is 1.34. The van der Waals surface area contributed by atoms with E-state index in [9.17, 15) is 9.59 Å². The summed E-state index contributed by atoms with van der Waals surface area (Å²) in [5.41, 5.74) is 4.41. The fraction of sp³-hybridized carbons (Fsp3) is 0.136. The summed E-state index contributed by atoms with van der Waals surface area (Å²) in [6.07, 6.45) is 4.91. The number of benzene rings is 2.